The second-order valence-electron chi connectivity index (χ2n) is 7.48. The Bertz CT molecular complexity index is 1160. The van der Waals surface area contributed by atoms with Gasteiger partial charge in [-0.05, 0) is 67.4 Å². The van der Waals surface area contributed by atoms with E-state index in [1.807, 2.05) is 30.3 Å². The van der Waals surface area contributed by atoms with E-state index in [0.29, 0.717) is 30.2 Å². The summed E-state index contributed by atoms with van der Waals surface area (Å²) >= 11 is 0. The molecular weight excluding hydrogens is 426 g/mol. The van der Waals surface area contributed by atoms with Crippen molar-refractivity contribution in [3.05, 3.63) is 78.9 Å². The molecule has 0 aliphatic carbocycles. The number of hydrogen-bond acceptors (Lipinski definition) is 5. The molecule has 0 aromatic heterocycles. The molecule has 7 nitrogen and oxygen atoms in total. The predicted molar refractivity (Wildman–Crippen MR) is 125 cm³/mol. The number of sulfonamides is 1. The van der Waals surface area contributed by atoms with Crippen LogP contribution in [0.2, 0.25) is 0 Å². The molecule has 166 valence electrons. The van der Waals surface area contributed by atoms with Crippen molar-refractivity contribution in [2.24, 2.45) is 0 Å². The van der Waals surface area contributed by atoms with Gasteiger partial charge in [0.25, 0.3) is 0 Å². The zero-order valence-electron chi connectivity index (χ0n) is 17.5. The average molecular weight is 452 g/mol. The summed E-state index contributed by atoms with van der Waals surface area (Å²) in [6.07, 6.45) is 1.77. The minimum absolute atomic E-state index is 0.00941. The molecule has 0 atom stereocenters. The van der Waals surface area contributed by atoms with E-state index >= 15 is 0 Å². The third kappa shape index (κ3) is 5.46. The summed E-state index contributed by atoms with van der Waals surface area (Å²) in [6, 6.07) is 23.1. The van der Waals surface area contributed by atoms with Crippen LogP contribution in [0, 0.1) is 0 Å². The first-order valence-corrected chi connectivity index (χ1v) is 11.9. The molecule has 0 saturated carbocycles. The second kappa shape index (κ2) is 9.84. The number of ether oxygens (including phenoxy) is 1. The Morgan fingerprint density at radius 1 is 0.844 bits per heavy atom. The maximum atomic E-state index is 12.7. The molecule has 1 saturated heterocycles. The van der Waals surface area contributed by atoms with Gasteiger partial charge in [0, 0.05) is 24.5 Å². The number of nitrogens with one attached hydrogen (secondary N) is 2. The van der Waals surface area contributed by atoms with Gasteiger partial charge in [0.15, 0.2) is 0 Å². The van der Waals surface area contributed by atoms with Crippen LogP contribution in [0.15, 0.2) is 83.8 Å². The molecule has 3 aromatic carbocycles. The van der Waals surface area contributed by atoms with Gasteiger partial charge in [0.2, 0.25) is 15.9 Å². The number of benzene rings is 3. The summed E-state index contributed by atoms with van der Waals surface area (Å²) in [5.41, 5.74) is 1.22. The number of nitrogens with zero attached hydrogens (tertiary/aromatic N) is 1. The fourth-order valence-corrected chi connectivity index (χ4v) is 5.03. The summed E-state index contributed by atoms with van der Waals surface area (Å²) in [6.45, 7) is 1.12. The fourth-order valence-electron chi connectivity index (χ4n) is 3.46. The molecule has 8 heteroatoms. The van der Waals surface area contributed by atoms with Crippen LogP contribution in [0.5, 0.6) is 11.5 Å². The van der Waals surface area contributed by atoms with Gasteiger partial charge in [0.05, 0.1) is 11.4 Å². The Labute approximate surface area is 188 Å². The van der Waals surface area contributed by atoms with Crippen molar-refractivity contribution < 1.29 is 17.9 Å². The van der Waals surface area contributed by atoms with Crippen molar-refractivity contribution in [3.8, 4) is 11.5 Å². The van der Waals surface area contributed by atoms with Gasteiger partial charge in [-0.1, -0.05) is 24.3 Å². The molecule has 0 radical (unpaired) electrons. The van der Waals surface area contributed by atoms with Crippen molar-refractivity contribution in [2.75, 3.05) is 30.3 Å². The highest BCUT2D eigenvalue weighted by atomic mass is 32.2. The van der Waals surface area contributed by atoms with Gasteiger partial charge in [-0.15, -0.1) is 0 Å². The SMILES string of the molecule is O=C(CNc1cccc(S(=O)(=O)N2CCCC2)c1)Nc1ccc(Oc2ccccc2)cc1. The van der Waals surface area contributed by atoms with Gasteiger partial charge in [-0.25, -0.2) is 8.42 Å². The van der Waals surface area contributed by atoms with Crippen molar-refractivity contribution in [3.63, 3.8) is 0 Å². The average Bonchev–Trinajstić information content (AvgIpc) is 3.36. The van der Waals surface area contributed by atoms with Crippen LogP contribution in [0.25, 0.3) is 0 Å². The quantitative estimate of drug-likeness (QED) is 0.533. The van der Waals surface area contributed by atoms with Crippen LogP contribution < -0.4 is 15.4 Å². The third-order valence-corrected chi connectivity index (χ3v) is 7.00. The van der Waals surface area contributed by atoms with E-state index in [-0.39, 0.29) is 17.3 Å². The molecule has 1 aliphatic rings. The maximum Gasteiger partial charge on any atom is 0.243 e. The number of rotatable bonds is 8. The Hall–Kier alpha value is -3.36. The highest BCUT2D eigenvalue weighted by molar-refractivity contribution is 7.89. The zero-order valence-corrected chi connectivity index (χ0v) is 18.3. The third-order valence-electron chi connectivity index (χ3n) is 5.11. The first kappa shape index (κ1) is 21.9. The number of anilines is 2. The molecule has 1 aliphatic heterocycles. The summed E-state index contributed by atoms with van der Waals surface area (Å²) < 4.78 is 32.7. The molecule has 0 bridgehead atoms. The van der Waals surface area contributed by atoms with E-state index in [1.54, 1.807) is 48.5 Å². The normalized spacial score (nSPS) is 14.1. The summed E-state index contributed by atoms with van der Waals surface area (Å²) in [5, 5.41) is 5.80. The van der Waals surface area contributed by atoms with E-state index in [9.17, 15) is 13.2 Å². The lowest BCUT2D eigenvalue weighted by atomic mass is 10.3. The number of carbonyl (C=O) groups excluding carboxylic acids is 1. The van der Waals surface area contributed by atoms with Crippen molar-refractivity contribution in [1.82, 2.24) is 4.31 Å². The van der Waals surface area contributed by atoms with Crippen molar-refractivity contribution in [1.29, 1.82) is 0 Å². The number of para-hydroxylation sites is 1. The highest BCUT2D eigenvalue weighted by Crippen LogP contribution is 2.24. The standard InChI is InChI=1S/C24H25N3O4S/c28-24(26-19-11-13-22(14-12-19)31-21-8-2-1-3-9-21)18-25-20-7-6-10-23(17-20)32(29,30)27-15-4-5-16-27/h1-3,6-14,17,25H,4-5,15-16,18H2,(H,26,28). The highest BCUT2D eigenvalue weighted by Gasteiger charge is 2.27. The Kier molecular flexibility index (Phi) is 6.72. The molecule has 1 fully saturated rings. The Morgan fingerprint density at radius 2 is 1.53 bits per heavy atom. The molecule has 3 aromatic rings. The van der Waals surface area contributed by atoms with Gasteiger partial charge < -0.3 is 15.4 Å². The molecule has 0 spiro atoms. The fraction of sp³-hybridized carbons (Fsp3) is 0.208. The number of amides is 1. The minimum atomic E-state index is -3.49. The summed E-state index contributed by atoms with van der Waals surface area (Å²) in [5.74, 6) is 1.17. The molecular formula is C24H25N3O4S. The zero-order chi connectivity index (χ0) is 22.4. The maximum absolute atomic E-state index is 12.7. The summed E-state index contributed by atoms with van der Waals surface area (Å²) in [4.78, 5) is 12.6. The van der Waals surface area contributed by atoms with E-state index in [2.05, 4.69) is 10.6 Å². The molecule has 1 heterocycles. The lowest BCUT2D eigenvalue weighted by Gasteiger charge is -2.16. The van der Waals surface area contributed by atoms with Gasteiger partial charge in [0.1, 0.15) is 11.5 Å². The first-order valence-electron chi connectivity index (χ1n) is 10.5. The van der Waals surface area contributed by atoms with E-state index in [4.69, 9.17) is 4.74 Å². The van der Waals surface area contributed by atoms with E-state index < -0.39 is 10.0 Å². The molecule has 1 amide bonds. The van der Waals surface area contributed by atoms with Crippen molar-refractivity contribution >= 4 is 27.3 Å². The molecule has 2 N–H and O–H groups in total. The van der Waals surface area contributed by atoms with Crippen LogP contribution in [0.4, 0.5) is 11.4 Å². The van der Waals surface area contributed by atoms with Gasteiger partial charge in [-0.3, -0.25) is 4.79 Å². The van der Waals surface area contributed by atoms with E-state index in [0.717, 1.165) is 18.6 Å². The van der Waals surface area contributed by atoms with Crippen LogP contribution in [-0.2, 0) is 14.8 Å². The lowest BCUT2D eigenvalue weighted by molar-refractivity contribution is -0.114. The molecule has 0 unspecified atom stereocenters. The predicted octanol–water partition coefficient (Wildman–Crippen LogP) is 4.31. The van der Waals surface area contributed by atoms with Crippen LogP contribution in [-0.4, -0.2) is 38.3 Å². The van der Waals surface area contributed by atoms with Gasteiger partial charge >= 0.3 is 0 Å². The monoisotopic (exact) mass is 451 g/mol. The summed E-state index contributed by atoms with van der Waals surface area (Å²) in [7, 11) is -3.49. The minimum Gasteiger partial charge on any atom is -0.457 e. The largest absolute Gasteiger partial charge is 0.457 e. The van der Waals surface area contributed by atoms with Gasteiger partial charge in [-0.2, -0.15) is 4.31 Å². The number of carbonyl (C=O) groups is 1. The Morgan fingerprint density at radius 3 is 2.25 bits per heavy atom. The lowest BCUT2D eigenvalue weighted by Crippen LogP contribution is -2.28. The van der Waals surface area contributed by atoms with E-state index in [1.165, 1.54) is 4.31 Å². The smallest absolute Gasteiger partial charge is 0.243 e. The van der Waals surface area contributed by atoms with Crippen LogP contribution >= 0.6 is 0 Å². The Balaban J connectivity index is 1.31. The molecule has 32 heavy (non-hydrogen) atoms. The molecule has 4 rings (SSSR count). The topological polar surface area (TPSA) is 87.7 Å². The van der Waals surface area contributed by atoms with Crippen molar-refractivity contribution in [2.45, 2.75) is 17.7 Å². The second-order valence-corrected chi connectivity index (χ2v) is 9.42. The number of hydrogen-bond donors (Lipinski definition) is 2. The van der Waals surface area contributed by atoms with Crippen LogP contribution in [0.3, 0.4) is 0 Å². The van der Waals surface area contributed by atoms with Crippen LogP contribution in [0.1, 0.15) is 12.8 Å². The first-order chi connectivity index (χ1) is 15.5.